The molecule has 1 fully saturated rings. The van der Waals surface area contributed by atoms with Gasteiger partial charge in [-0.2, -0.15) is 0 Å². The van der Waals surface area contributed by atoms with Crippen LogP contribution >= 0.6 is 0 Å². The zero-order valence-corrected chi connectivity index (χ0v) is 19.8. The summed E-state index contributed by atoms with van der Waals surface area (Å²) in [5.41, 5.74) is 4.18. The predicted octanol–water partition coefficient (Wildman–Crippen LogP) is 4.41. The van der Waals surface area contributed by atoms with Gasteiger partial charge in [-0.3, -0.25) is 9.59 Å². The molecule has 2 amide bonds. The molecule has 1 aliphatic heterocycles. The van der Waals surface area contributed by atoms with E-state index in [-0.39, 0.29) is 43.9 Å². The normalized spacial score (nSPS) is 17.2. The molecule has 180 valence electrons. The molecule has 0 saturated carbocycles. The summed E-state index contributed by atoms with van der Waals surface area (Å²) in [6.45, 7) is 4.94. The molecule has 0 radical (unpaired) electrons. The van der Waals surface area contributed by atoms with Gasteiger partial charge in [0.2, 0.25) is 5.91 Å². The highest BCUT2D eigenvalue weighted by Crippen LogP contribution is 2.44. The minimum Gasteiger partial charge on any atom is -0.481 e. The summed E-state index contributed by atoms with van der Waals surface area (Å²) < 4.78 is 5.59. The molecule has 0 bridgehead atoms. The van der Waals surface area contributed by atoms with Crippen molar-refractivity contribution in [1.82, 2.24) is 10.2 Å². The highest BCUT2D eigenvalue weighted by molar-refractivity contribution is 5.80. The number of carboxylic acids is 1. The topological polar surface area (TPSA) is 95.9 Å². The van der Waals surface area contributed by atoms with Gasteiger partial charge in [0.05, 0.1) is 6.42 Å². The number of nitrogens with one attached hydrogen (secondary N) is 1. The Morgan fingerprint density at radius 1 is 1.06 bits per heavy atom. The van der Waals surface area contributed by atoms with Gasteiger partial charge < -0.3 is 20.1 Å². The van der Waals surface area contributed by atoms with E-state index < -0.39 is 17.5 Å². The molecule has 7 heteroatoms. The van der Waals surface area contributed by atoms with Gasteiger partial charge in [-0.25, -0.2) is 4.79 Å². The summed E-state index contributed by atoms with van der Waals surface area (Å²) in [5, 5.41) is 11.9. The number of carbonyl (C=O) groups is 3. The molecular weight excluding hydrogens is 432 g/mol. The summed E-state index contributed by atoms with van der Waals surface area (Å²) in [6.07, 6.45) is 1.24. The molecule has 34 heavy (non-hydrogen) atoms. The van der Waals surface area contributed by atoms with Crippen molar-refractivity contribution in [3.05, 3.63) is 59.7 Å². The van der Waals surface area contributed by atoms with Crippen LogP contribution in [0.4, 0.5) is 4.79 Å². The monoisotopic (exact) mass is 464 g/mol. The van der Waals surface area contributed by atoms with E-state index in [2.05, 4.69) is 29.6 Å². The first kappa shape index (κ1) is 23.8. The van der Waals surface area contributed by atoms with Crippen molar-refractivity contribution in [3.8, 4) is 11.1 Å². The second-order valence-corrected chi connectivity index (χ2v) is 10.0. The van der Waals surface area contributed by atoms with Crippen molar-refractivity contribution in [2.75, 3.05) is 19.7 Å². The molecule has 1 atom stereocenters. The molecule has 2 aromatic rings. The number of alkyl carbamates (subject to hydrolysis) is 1. The van der Waals surface area contributed by atoms with Crippen molar-refractivity contribution in [2.45, 2.75) is 51.5 Å². The van der Waals surface area contributed by atoms with Gasteiger partial charge in [0.1, 0.15) is 6.61 Å². The van der Waals surface area contributed by atoms with Crippen molar-refractivity contribution < 1.29 is 24.2 Å². The Morgan fingerprint density at radius 2 is 1.68 bits per heavy atom. The second-order valence-electron chi connectivity index (χ2n) is 10.0. The molecule has 1 heterocycles. The number of carbonyl (C=O) groups excluding carboxylic acids is 2. The lowest BCUT2D eigenvalue weighted by molar-refractivity contribution is -0.140. The molecule has 2 aromatic carbocycles. The Kier molecular flexibility index (Phi) is 6.91. The standard InChI is InChI=1S/C27H32N2O5/c1-27(2,15-24(30)29-13-7-8-18(29)14-25(31)32)17-28-26(33)34-16-23-21-11-5-3-9-19(21)20-10-4-6-12-22(20)23/h3-6,9-12,18,23H,7-8,13-17H2,1-2H3,(H,28,33)(H,31,32)/t18-/m1/s1. The van der Waals surface area contributed by atoms with Gasteiger partial charge in [0.15, 0.2) is 0 Å². The fraction of sp³-hybridized carbons (Fsp3) is 0.444. The molecule has 0 spiro atoms. The molecule has 2 aliphatic rings. The number of rotatable bonds is 8. The number of carboxylic acid groups (broad SMARTS) is 1. The zero-order valence-electron chi connectivity index (χ0n) is 19.8. The number of ether oxygens (including phenoxy) is 1. The number of nitrogens with zero attached hydrogens (tertiary/aromatic N) is 1. The molecule has 0 unspecified atom stereocenters. The number of benzene rings is 2. The minimum atomic E-state index is -0.888. The summed E-state index contributed by atoms with van der Waals surface area (Å²) in [6, 6.07) is 16.1. The number of fused-ring (bicyclic) bond motifs is 3. The predicted molar refractivity (Wildman–Crippen MR) is 128 cm³/mol. The third-order valence-corrected chi connectivity index (χ3v) is 6.79. The van der Waals surface area contributed by atoms with Gasteiger partial charge in [-0.1, -0.05) is 62.4 Å². The van der Waals surface area contributed by atoms with E-state index in [4.69, 9.17) is 9.84 Å². The van der Waals surface area contributed by atoms with Crippen LogP contribution in [0.15, 0.2) is 48.5 Å². The van der Waals surface area contributed by atoms with Crippen molar-refractivity contribution in [1.29, 1.82) is 0 Å². The van der Waals surface area contributed by atoms with E-state index in [0.29, 0.717) is 6.54 Å². The molecule has 1 aliphatic carbocycles. The van der Waals surface area contributed by atoms with Crippen LogP contribution in [0.1, 0.15) is 56.6 Å². The summed E-state index contributed by atoms with van der Waals surface area (Å²) in [5.74, 6) is -0.960. The zero-order chi connectivity index (χ0) is 24.3. The first-order valence-corrected chi connectivity index (χ1v) is 11.9. The van der Waals surface area contributed by atoms with Gasteiger partial charge in [0.25, 0.3) is 0 Å². The molecular formula is C27H32N2O5. The fourth-order valence-electron chi connectivity index (χ4n) is 5.11. The van der Waals surface area contributed by atoms with Gasteiger partial charge in [-0.05, 0) is 40.5 Å². The number of hydrogen-bond donors (Lipinski definition) is 2. The molecule has 1 saturated heterocycles. The summed E-state index contributed by atoms with van der Waals surface area (Å²) in [4.78, 5) is 38.1. The van der Waals surface area contributed by atoms with Crippen LogP contribution in [0.25, 0.3) is 11.1 Å². The SMILES string of the molecule is CC(C)(CNC(=O)OCC1c2ccccc2-c2ccccc21)CC(=O)N1CCC[C@@H]1CC(=O)O. The van der Waals surface area contributed by atoms with E-state index >= 15 is 0 Å². The maximum Gasteiger partial charge on any atom is 0.407 e. The van der Waals surface area contributed by atoms with E-state index in [1.165, 1.54) is 11.1 Å². The average molecular weight is 465 g/mol. The Hall–Kier alpha value is -3.35. The van der Waals surface area contributed by atoms with Crippen LogP contribution in [0.2, 0.25) is 0 Å². The van der Waals surface area contributed by atoms with Gasteiger partial charge >= 0.3 is 12.1 Å². The third-order valence-electron chi connectivity index (χ3n) is 6.79. The van der Waals surface area contributed by atoms with Gasteiger partial charge in [-0.15, -0.1) is 0 Å². The number of likely N-dealkylation sites (tertiary alicyclic amines) is 1. The first-order chi connectivity index (χ1) is 16.2. The maximum absolute atomic E-state index is 12.8. The van der Waals surface area contributed by atoms with Crippen LogP contribution in [0.3, 0.4) is 0 Å². The van der Waals surface area contributed by atoms with Crippen molar-refractivity contribution >= 4 is 18.0 Å². The quantitative estimate of drug-likeness (QED) is 0.603. The Labute approximate surface area is 200 Å². The summed E-state index contributed by atoms with van der Waals surface area (Å²) >= 11 is 0. The fourth-order valence-corrected chi connectivity index (χ4v) is 5.11. The van der Waals surface area contributed by atoms with E-state index in [0.717, 1.165) is 24.0 Å². The third kappa shape index (κ3) is 5.24. The molecule has 7 nitrogen and oxygen atoms in total. The Morgan fingerprint density at radius 3 is 2.29 bits per heavy atom. The molecule has 4 rings (SSSR count). The second kappa shape index (κ2) is 9.87. The maximum atomic E-state index is 12.8. The van der Waals surface area contributed by atoms with Crippen LogP contribution in [0, 0.1) is 5.41 Å². The minimum absolute atomic E-state index is 0.00549. The van der Waals surface area contributed by atoms with E-state index in [1.807, 2.05) is 38.1 Å². The average Bonchev–Trinajstić information content (AvgIpc) is 3.38. The number of aliphatic carboxylic acids is 1. The number of amides is 2. The van der Waals surface area contributed by atoms with E-state index in [9.17, 15) is 14.4 Å². The Balaban J connectivity index is 1.29. The van der Waals surface area contributed by atoms with Crippen molar-refractivity contribution in [3.63, 3.8) is 0 Å². The first-order valence-electron chi connectivity index (χ1n) is 11.9. The van der Waals surface area contributed by atoms with E-state index in [1.54, 1.807) is 4.90 Å². The highest BCUT2D eigenvalue weighted by Gasteiger charge is 2.34. The van der Waals surface area contributed by atoms with Crippen LogP contribution in [0.5, 0.6) is 0 Å². The van der Waals surface area contributed by atoms with Crippen LogP contribution < -0.4 is 5.32 Å². The lowest BCUT2D eigenvalue weighted by Crippen LogP contribution is -2.42. The molecule has 2 N–H and O–H groups in total. The summed E-state index contributed by atoms with van der Waals surface area (Å²) in [7, 11) is 0. The van der Waals surface area contributed by atoms with Gasteiger partial charge in [0, 0.05) is 31.5 Å². The largest absolute Gasteiger partial charge is 0.481 e. The van der Waals surface area contributed by atoms with Crippen molar-refractivity contribution in [2.24, 2.45) is 5.41 Å². The van der Waals surface area contributed by atoms with Crippen LogP contribution in [-0.2, 0) is 14.3 Å². The molecule has 0 aromatic heterocycles. The lowest BCUT2D eigenvalue weighted by atomic mass is 9.88. The smallest absolute Gasteiger partial charge is 0.407 e. The highest BCUT2D eigenvalue weighted by atomic mass is 16.5. The number of hydrogen-bond acceptors (Lipinski definition) is 4. The Bertz CT molecular complexity index is 1030. The van der Waals surface area contributed by atoms with Crippen LogP contribution in [-0.4, -0.2) is 53.7 Å². The lowest BCUT2D eigenvalue weighted by Gasteiger charge is -2.30.